The first-order valence-electron chi connectivity index (χ1n) is 7.80. The van der Waals surface area contributed by atoms with Gasteiger partial charge in [0.2, 0.25) is 5.91 Å². The summed E-state index contributed by atoms with van der Waals surface area (Å²) in [6.45, 7) is 1.30. The summed E-state index contributed by atoms with van der Waals surface area (Å²) in [7, 11) is 1.66. The predicted octanol–water partition coefficient (Wildman–Crippen LogP) is 4.21. The monoisotopic (exact) mass is 336 g/mol. The number of rotatable bonds is 3. The largest absolute Gasteiger partial charge is 0.324 e. The number of anilines is 2. The Kier molecular flexibility index (Phi) is 4.48. The van der Waals surface area contributed by atoms with Crippen molar-refractivity contribution in [2.24, 2.45) is 0 Å². The maximum Gasteiger partial charge on any atom is 0.258 e. The van der Waals surface area contributed by atoms with Crippen LogP contribution in [0.5, 0.6) is 0 Å². The van der Waals surface area contributed by atoms with E-state index in [-0.39, 0.29) is 23.1 Å². The standard InChI is InChI=1S/C20H17FN2O2/c1-13(24)22-18-11-10-15(12-17(18)21)20(25)23(2)19-9-5-7-14-6-3-4-8-16(14)19/h3-12H,1-2H3,(H,22,24). The van der Waals surface area contributed by atoms with Gasteiger partial charge in [0.15, 0.2) is 0 Å². The maximum atomic E-state index is 14.1. The molecular weight excluding hydrogens is 319 g/mol. The summed E-state index contributed by atoms with van der Waals surface area (Å²) in [5.74, 6) is -1.34. The number of halogens is 1. The van der Waals surface area contributed by atoms with Gasteiger partial charge in [0, 0.05) is 24.9 Å². The van der Waals surface area contributed by atoms with E-state index in [0.29, 0.717) is 0 Å². The van der Waals surface area contributed by atoms with Gasteiger partial charge in [-0.05, 0) is 29.7 Å². The van der Waals surface area contributed by atoms with Crippen LogP contribution in [0.2, 0.25) is 0 Å². The van der Waals surface area contributed by atoms with Crippen LogP contribution in [0.15, 0.2) is 60.7 Å². The zero-order valence-electron chi connectivity index (χ0n) is 13.9. The number of hydrogen-bond donors (Lipinski definition) is 1. The zero-order chi connectivity index (χ0) is 18.0. The molecule has 3 aromatic rings. The van der Waals surface area contributed by atoms with Gasteiger partial charge in [-0.25, -0.2) is 4.39 Å². The Morgan fingerprint density at radius 3 is 2.44 bits per heavy atom. The van der Waals surface area contributed by atoms with E-state index in [9.17, 15) is 14.0 Å². The number of carbonyl (C=O) groups excluding carboxylic acids is 2. The van der Waals surface area contributed by atoms with Gasteiger partial charge < -0.3 is 10.2 Å². The van der Waals surface area contributed by atoms with Crippen molar-refractivity contribution in [3.8, 4) is 0 Å². The van der Waals surface area contributed by atoms with Crippen LogP contribution in [-0.2, 0) is 4.79 Å². The number of amides is 2. The van der Waals surface area contributed by atoms with Gasteiger partial charge in [0.25, 0.3) is 5.91 Å². The molecule has 0 saturated heterocycles. The third-order valence-electron chi connectivity index (χ3n) is 3.96. The third kappa shape index (κ3) is 3.35. The average Bonchev–Trinajstić information content (AvgIpc) is 2.61. The molecule has 0 aliphatic rings. The SMILES string of the molecule is CC(=O)Nc1ccc(C(=O)N(C)c2cccc3ccccc23)cc1F. The van der Waals surface area contributed by atoms with Gasteiger partial charge in [-0.3, -0.25) is 9.59 Å². The molecule has 0 unspecified atom stereocenters. The van der Waals surface area contributed by atoms with Gasteiger partial charge >= 0.3 is 0 Å². The molecule has 5 heteroatoms. The molecule has 0 fully saturated rings. The minimum Gasteiger partial charge on any atom is -0.324 e. The lowest BCUT2D eigenvalue weighted by atomic mass is 10.1. The lowest BCUT2D eigenvalue weighted by molar-refractivity contribution is -0.114. The van der Waals surface area contributed by atoms with Crippen molar-refractivity contribution in [2.45, 2.75) is 6.92 Å². The van der Waals surface area contributed by atoms with Gasteiger partial charge in [-0.15, -0.1) is 0 Å². The number of benzene rings is 3. The number of nitrogens with one attached hydrogen (secondary N) is 1. The fourth-order valence-electron chi connectivity index (χ4n) is 2.74. The normalized spacial score (nSPS) is 10.5. The topological polar surface area (TPSA) is 49.4 Å². The van der Waals surface area contributed by atoms with Crippen LogP contribution < -0.4 is 10.2 Å². The van der Waals surface area contributed by atoms with E-state index in [1.165, 1.54) is 24.0 Å². The highest BCUT2D eigenvalue weighted by molar-refractivity contribution is 6.10. The molecule has 3 rings (SSSR count). The highest BCUT2D eigenvalue weighted by Crippen LogP contribution is 2.27. The summed E-state index contributed by atoms with van der Waals surface area (Å²) < 4.78 is 14.1. The van der Waals surface area contributed by atoms with E-state index < -0.39 is 5.82 Å². The first-order chi connectivity index (χ1) is 12.0. The Labute approximate surface area is 144 Å². The second-order valence-electron chi connectivity index (χ2n) is 5.74. The Bertz CT molecular complexity index is 964. The van der Waals surface area contributed by atoms with Crippen molar-refractivity contribution in [1.82, 2.24) is 0 Å². The molecule has 25 heavy (non-hydrogen) atoms. The van der Waals surface area contributed by atoms with E-state index >= 15 is 0 Å². The van der Waals surface area contributed by atoms with E-state index in [2.05, 4.69) is 5.32 Å². The Balaban J connectivity index is 1.94. The highest BCUT2D eigenvalue weighted by Gasteiger charge is 2.17. The summed E-state index contributed by atoms with van der Waals surface area (Å²) in [6, 6.07) is 17.5. The molecule has 0 bridgehead atoms. The molecule has 0 atom stereocenters. The molecule has 0 heterocycles. The van der Waals surface area contributed by atoms with Gasteiger partial charge in [-0.1, -0.05) is 36.4 Å². The highest BCUT2D eigenvalue weighted by atomic mass is 19.1. The maximum absolute atomic E-state index is 14.1. The Hall–Kier alpha value is -3.21. The summed E-state index contributed by atoms with van der Waals surface area (Å²) in [5, 5.41) is 4.35. The number of carbonyl (C=O) groups is 2. The Morgan fingerprint density at radius 1 is 1.00 bits per heavy atom. The molecule has 2 amide bonds. The molecule has 1 N–H and O–H groups in total. The molecule has 126 valence electrons. The molecular formula is C20H17FN2O2. The Morgan fingerprint density at radius 2 is 1.72 bits per heavy atom. The fourth-order valence-corrected chi connectivity index (χ4v) is 2.74. The van der Waals surface area contributed by atoms with E-state index in [1.54, 1.807) is 7.05 Å². The van der Waals surface area contributed by atoms with Crippen molar-refractivity contribution >= 4 is 34.0 Å². The van der Waals surface area contributed by atoms with E-state index in [1.807, 2.05) is 42.5 Å². The van der Waals surface area contributed by atoms with Crippen LogP contribution in [0.3, 0.4) is 0 Å². The number of nitrogens with zero attached hydrogens (tertiary/aromatic N) is 1. The lowest BCUT2D eigenvalue weighted by Gasteiger charge is -2.20. The zero-order valence-corrected chi connectivity index (χ0v) is 13.9. The minimum absolute atomic E-state index is 0.0527. The van der Waals surface area contributed by atoms with E-state index in [0.717, 1.165) is 22.5 Å². The fraction of sp³-hybridized carbons (Fsp3) is 0.100. The molecule has 0 aromatic heterocycles. The number of hydrogen-bond acceptors (Lipinski definition) is 2. The van der Waals surface area contributed by atoms with Crippen molar-refractivity contribution in [2.75, 3.05) is 17.3 Å². The lowest BCUT2D eigenvalue weighted by Crippen LogP contribution is -2.26. The van der Waals surface area contributed by atoms with E-state index in [4.69, 9.17) is 0 Å². The molecule has 4 nitrogen and oxygen atoms in total. The molecule has 0 saturated carbocycles. The molecule has 0 aliphatic heterocycles. The molecule has 0 aliphatic carbocycles. The van der Waals surface area contributed by atoms with Crippen LogP contribution in [0, 0.1) is 5.82 Å². The molecule has 3 aromatic carbocycles. The third-order valence-corrected chi connectivity index (χ3v) is 3.96. The van der Waals surface area contributed by atoms with Crippen LogP contribution in [0.4, 0.5) is 15.8 Å². The first kappa shape index (κ1) is 16.6. The van der Waals surface area contributed by atoms with Gasteiger partial charge in [0.05, 0.1) is 11.4 Å². The molecule has 0 radical (unpaired) electrons. The predicted molar refractivity (Wildman–Crippen MR) is 97.4 cm³/mol. The first-order valence-corrected chi connectivity index (χ1v) is 7.80. The second-order valence-corrected chi connectivity index (χ2v) is 5.74. The van der Waals surface area contributed by atoms with Crippen molar-refractivity contribution in [1.29, 1.82) is 0 Å². The van der Waals surface area contributed by atoms with Crippen molar-refractivity contribution < 1.29 is 14.0 Å². The summed E-state index contributed by atoms with van der Waals surface area (Å²) in [6.07, 6.45) is 0. The minimum atomic E-state index is -0.646. The summed E-state index contributed by atoms with van der Waals surface area (Å²) in [5.41, 5.74) is 1.01. The van der Waals surface area contributed by atoms with Crippen molar-refractivity contribution in [3.05, 3.63) is 72.0 Å². The van der Waals surface area contributed by atoms with Gasteiger partial charge in [0.1, 0.15) is 5.82 Å². The second kappa shape index (κ2) is 6.73. The van der Waals surface area contributed by atoms with Crippen LogP contribution >= 0.6 is 0 Å². The smallest absolute Gasteiger partial charge is 0.258 e. The van der Waals surface area contributed by atoms with Crippen LogP contribution in [-0.4, -0.2) is 18.9 Å². The quantitative estimate of drug-likeness (QED) is 0.779. The summed E-state index contributed by atoms with van der Waals surface area (Å²) in [4.78, 5) is 25.3. The average molecular weight is 336 g/mol. The van der Waals surface area contributed by atoms with Crippen LogP contribution in [0.25, 0.3) is 10.8 Å². The molecule has 0 spiro atoms. The number of fused-ring (bicyclic) bond motifs is 1. The van der Waals surface area contributed by atoms with Crippen molar-refractivity contribution in [3.63, 3.8) is 0 Å². The van der Waals surface area contributed by atoms with Gasteiger partial charge in [-0.2, -0.15) is 0 Å². The van der Waals surface area contributed by atoms with Crippen LogP contribution in [0.1, 0.15) is 17.3 Å². The summed E-state index contributed by atoms with van der Waals surface area (Å²) >= 11 is 0.